The fourth-order valence-electron chi connectivity index (χ4n) is 8.93. The van der Waals surface area contributed by atoms with E-state index in [9.17, 15) is 24.3 Å². The molecule has 2 aliphatic carbocycles. The van der Waals surface area contributed by atoms with Crippen molar-refractivity contribution in [1.82, 2.24) is 14.7 Å². The summed E-state index contributed by atoms with van der Waals surface area (Å²) in [6.07, 6.45) is 2.52. The summed E-state index contributed by atoms with van der Waals surface area (Å²) in [4.78, 5) is 60.0. The summed E-state index contributed by atoms with van der Waals surface area (Å²) >= 11 is 14.3. The molecule has 4 aliphatic rings. The summed E-state index contributed by atoms with van der Waals surface area (Å²) in [6.45, 7) is 5.83. The van der Waals surface area contributed by atoms with Crippen LogP contribution in [-0.4, -0.2) is 50.0 Å². The third kappa shape index (κ3) is 4.12. The molecule has 2 aliphatic heterocycles. The maximum Gasteiger partial charge on any atom is 0.242 e. The maximum absolute atomic E-state index is 14.9. The molecule has 2 aromatic carbocycles. The lowest BCUT2D eigenvalue weighted by atomic mass is 9.51. The standard InChI is InChI=1S/C36H32Cl2N4O5S/c1-5-41-32(44)20-9-8-19-22(29(20)34(41)46)14-24-33(45)42(35(47)36(24,3)30(19)23-13-17(37)6-10-26(23)43)28-15-25(39-40(28)4)31-16(2)21-12-18(38)7-11-27(21)48-31/h6-8,10-13,15,20,22,24,29-30,43H,5,9,14H2,1-4H3/t20-,22+,24-,29-,30+,36+/m0/s1. The maximum atomic E-state index is 14.9. The lowest BCUT2D eigenvalue weighted by Crippen LogP contribution is -2.49. The highest BCUT2D eigenvalue weighted by Gasteiger charge is 2.68. The highest BCUT2D eigenvalue weighted by molar-refractivity contribution is 7.22. The van der Waals surface area contributed by atoms with Crippen LogP contribution in [-0.2, 0) is 26.2 Å². The molecule has 246 valence electrons. The first-order valence-corrected chi connectivity index (χ1v) is 17.6. The molecule has 4 amide bonds. The van der Waals surface area contributed by atoms with Gasteiger partial charge in [0, 0.05) is 45.9 Å². The number of allylic oxidation sites excluding steroid dienone is 2. The van der Waals surface area contributed by atoms with Gasteiger partial charge in [0.05, 0.1) is 28.0 Å². The van der Waals surface area contributed by atoms with Crippen LogP contribution in [0, 0.1) is 36.0 Å². The molecule has 4 aromatic rings. The van der Waals surface area contributed by atoms with Crippen LogP contribution >= 0.6 is 34.5 Å². The summed E-state index contributed by atoms with van der Waals surface area (Å²) in [5, 5.41) is 18.0. The fraction of sp³-hybridized carbons (Fsp3) is 0.361. The van der Waals surface area contributed by atoms with E-state index < -0.39 is 46.8 Å². The SMILES string of the molecule is CCN1C(=O)[C@H]2[C@H](CC=C3[C@H]2C[C@H]2C(=O)N(c4cc(-c5sc6ccc(Cl)cc6c5C)nn4C)C(=O)[C@@]2(C)[C@H]3c2cc(Cl)ccc2O)C1=O. The number of amides is 4. The van der Waals surface area contributed by atoms with Crippen LogP contribution in [0.15, 0.2) is 54.1 Å². The van der Waals surface area contributed by atoms with Gasteiger partial charge in [-0.3, -0.25) is 28.8 Å². The van der Waals surface area contributed by atoms with Gasteiger partial charge < -0.3 is 5.11 Å². The Morgan fingerprint density at radius 1 is 1.00 bits per heavy atom. The lowest BCUT2D eigenvalue weighted by molar-refractivity contribution is -0.140. The molecular formula is C36H32Cl2N4O5S. The van der Waals surface area contributed by atoms with Crippen molar-refractivity contribution in [2.45, 2.75) is 39.5 Å². The summed E-state index contributed by atoms with van der Waals surface area (Å²) in [6, 6.07) is 12.2. The number of carbonyl (C=O) groups excluding carboxylic acids is 4. The number of aromatic nitrogens is 2. The van der Waals surface area contributed by atoms with E-state index in [0.717, 1.165) is 26.1 Å². The Labute approximate surface area is 290 Å². The lowest BCUT2D eigenvalue weighted by Gasteiger charge is -2.49. The second-order valence-electron chi connectivity index (χ2n) is 13.5. The van der Waals surface area contributed by atoms with Crippen LogP contribution < -0.4 is 4.90 Å². The van der Waals surface area contributed by atoms with Crippen molar-refractivity contribution in [2.24, 2.45) is 36.1 Å². The van der Waals surface area contributed by atoms with Crippen molar-refractivity contribution >= 4 is 74.1 Å². The molecular weight excluding hydrogens is 671 g/mol. The molecule has 9 nitrogen and oxygen atoms in total. The molecule has 0 radical (unpaired) electrons. The van der Waals surface area contributed by atoms with Crippen LogP contribution in [0.3, 0.4) is 0 Å². The van der Waals surface area contributed by atoms with Crippen molar-refractivity contribution < 1.29 is 24.3 Å². The van der Waals surface area contributed by atoms with E-state index in [4.69, 9.17) is 28.3 Å². The van der Waals surface area contributed by atoms with Gasteiger partial charge in [0.1, 0.15) is 17.3 Å². The van der Waals surface area contributed by atoms with Gasteiger partial charge in [-0.15, -0.1) is 11.3 Å². The third-order valence-electron chi connectivity index (χ3n) is 11.2. The first-order chi connectivity index (χ1) is 22.9. The monoisotopic (exact) mass is 702 g/mol. The molecule has 0 spiro atoms. The molecule has 1 N–H and O–H groups in total. The average Bonchev–Trinajstić information content (AvgIpc) is 3.72. The molecule has 12 heteroatoms. The second-order valence-corrected chi connectivity index (χ2v) is 15.4. The molecule has 2 saturated heterocycles. The number of hydrogen-bond donors (Lipinski definition) is 1. The molecule has 0 bridgehead atoms. The molecule has 2 aromatic heterocycles. The zero-order chi connectivity index (χ0) is 34.0. The summed E-state index contributed by atoms with van der Waals surface area (Å²) in [7, 11) is 1.71. The van der Waals surface area contributed by atoms with E-state index in [-0.39, 0.29) is 30.5 Å². The number of thiophene rings is 1. The van der Waals surface area contributed by atoms with Crippen LogP contribution in [0.2, 0.25) is 10.0 Å². The first kappa shape index (κ1) is 31.3. The Kier molecular flexibility index (Phi) is 7.01. The Hall–Kier alpha value is -3.99. The van der Waals surface area contributed by atoms with Crippen LogP contribution in [0.1, 0.15) is 43.7 Å². The van der Waals surface area contributed by atoms with Crippen molar-refractivity contribution in [3.8, 4) is 16.3 Å². The highest BCUT2D eigenvalue weighted by atomic mass is 35.5. The molecule has 48 heavy (non-hydrogen) atoms. The molecule has 1 saturated carbocycles. The van der Waals surface area contributed by atoms with Crippen molar-refractivity contribution in [3.63, 3.8) is 0 Å². The van der Waals surface area contributed by atoms with Crippen LogP contribution in [0.4, 0.5) is 5.82 Å². The van der Waals surface area contributed by atoms with Crippen LogP contribution in [0.25, 0.3) is 20.7 Å². The molecule has 4 heterocycles. The fourth-order valence-corrected chi connectivity index (χ4v) is 10.4. The molecule has 6 atom stereocenters. The third-order valence-corrected chi connectivity index (χ3v) is 13.0. The Morgan fingerprint density at radius 2 is 1.73 bits per heavy atom. The molecule has 3 fully saturated rings. The topological polar surface area (TPSA) is 113 Å². The number of aromatic hydroxyl groups is 1. The minimum Gasteiger partial charge on any atom is -0.508 e. The van der Waals surface area contributed by atoms with Gasteiger partial charge in [-0.2, -0.15) is 5.10 Å². The van der Waals surface area contributed by atoms with Crippen molar-refractivity contribution in [2.75, 3.05) is 11.4 Å². The van der Waals surface area contributed by atoms with Gasteiger partial charge in [-0.05, 0) is 86.9 Å². The number of phenols is 1. The number of imide groups is 2. The molecule has 8 rings (SSSR count). The summed E-state index contributed by atoms with van der Waals surface area (Å²) in [5.41, 5.74) is 1.52. The summed E-state index contributed by atoms with van der Waals surface area (Å²) < 4.78 is 2.60. The van der Waals surface area contributed by atoms with Gasteiger partial charge in [0.25, 0.3) is 0 Å². The minimum atomic E-state index is -1.32. The van der Waals surface area contributed by atoms with Gasteiger partial charge >= 0.3 is 0 Å². The number of fused-ring (bicyclic) bond motifs is 5. The van der Waals surface area contributed by atoms with Crippen molar-refractivity contribution in [3.05, 3.63) is 75.3 Å². The number of hydrogen-bond acceptors (Lipinski definition) is 7. The highest BCUT2D eigenvalue weighted by Crippen LogP contribution is 2.64. The number of rotatable bonds is 4. The smallest absolute Gasteiger partial charge is 0.242 e. The zero-order valence-electron chi connectivity index (χ0n) is 26.7. The number of carbonyl (C=O) groups is 4. The van der Waals surface area contributed by atoms with E-state index in [1.54, 1.807) is 55.1 Å². The quantitative estimate of drug-likeness (QED) is 0.183. The minimum absolute atomic E-state index is 0.0566. The Balaban J connectivity index is 1.26. The van der Waals surface area contributed by atoms with Gasteiger partial charge in [-0.25, -0.2) is 4.90 Å². The van der Waals surface area contributed by atoms with E-state index >= 15 is 0 Å². The second kappa shape index (κ2) is 10.8. The average molecular weight is 704 g/mol. The largest absolute Gasteiger partial charge is 0.508 e. The Morgan fingerprint density at radius 3 is 2.48 bits per heavy atom. The van der Waals surface area contributed by atoms with E-state index in [0.29, 0.717) is 33.5 Å². The number of likely N-dealkylation sites (tertiary alicyclic amines) is 1. The van der Waals surface area contributed by atoms with E-state index in [1.807, 2.05) is 31.2 Å². The molecule has 0 unspecified atom stereocenters. The van der Waals surface area contributed by atoms with Crippen molar-refractivity contribution in [1.29, 1.82) is 0 Å². The number of halogens is 2. The normalized spacial score (nSPS) is 28.3. The zero-order valence-corrected chi connectivity index (χ0v) is 29.0. The predicted octanol–water partition coefficient (Wildman–Crippen LogP) is 6.87. The number of nitrogens with zero attached hydrogens (tertiary/aromatic N) is 4. The first-order valence-electron chi connectivity index (χ1n) is 16.0. The number of anilines is 1. The predicted molar refractivity (Wildman–Crippen MR) is 184 cm³/mol. The number of benzene rings is 2. The van der Waals surface area contributed by atoms with Gasteiger partial charge in [-0.1, -0.05) is 34.9 Å². The Bertz CT molecular complexity index is 2150. The number of phenolic OH excluding ortho intramolecular Hbond substituents is 1. The van der Waals surface area contributed by atoms with E-state index in [1.165, 1.54) is 15.9 Å². The van der Waals surface area contributed by atoms with Crippen LogP contribution in [0.5, 0.6) is 5.75 Å². The summed E-state index contributed by atoms with van der Waals surface area (Å²) in [5.74, 6) is -4.21. The number of aryl methyl sites for hydroxylation is 2. The van der Waals surface area contributed by atoms with E-state index in [2.05, 4.69) is 0 Å². The van der Waals surface area contributed by atoms with Gasteiger partial charge in [0.15, 0.2) is 0 Å². The van der Waals surface area contributed by atoms with Gasteiger partial charge in [0.2, 0.25) is 23.6 Å².